The number of pyridine rings is 1. The molecule has 0 amide bonds. The van der Waals surface area contributed by atoms with Crippen LogP contribution in [0.1, 0.15) is 42.4 Å². The first-order valence-electron chi connectivity index (χ1n) is 11.4. The average Bonchev–Trinajstić information content (AvgIpc) is 3.58. The summed E-state index contributed by atoms with van der Waals surface area (Å²) in [5.41, 5.74) is -2.18. The lowest BCUT2D eigenvalue weighted by Gasteiger charge is -2.37. The Morgan fingerprint density at radius 2 is 1.76 bits per heavy atom. The zero-order valence-corrected chi connectivity index (χ0v) is 18.8. The quantitative estimate of drug-likeness (QED) is 0.330. The average molecular weight is 521 g/mol. The van der Waals surface area contributed by atoms with E-state index in [2.05, 4.69) is 15.0 Å². The van der Waals surface area contributed by atoms with Crippen LogP contribution in [0.25, 0.3) is 16.8 Å². The van der Waals surface area contributed by atoms with Crippen molar-refractivity contribution in [1.29, 1.82) is 0 Å². The number of alkyl halides is 6. The monoisotopic (exact) mass is 521 g/mol. The molecule has 1 aliphatic carbocycles. The highest BCUT2D eigenvalue weighted by atomic mass is 19.4. The fourth-order valence-corrected chi connectivity index (χ4v) is 5.48. The van der Waals surface area contributed by atoms with Crippen LogP contribution in [0, 0.1) is 5.92 Å². The van der Waals surface area contributed by atoms with Crippen LogP contribution in [0.2, 0.25) is 0 Å². The Morgan fingerprint density at radius 1 is 0.946 bits per heavy atom. The van der Waals surface area contributed by atoms with Gasteiger partial charge < -0.3 is 9.32 Å². The van der Waals surface area contributed by atoms with Crippen LogP contribution in [0.5, 0.6) is 0 Å². The number of halogens is 6. The minimum absolute atomic E-state index is 0.0106. The molecular weight excluding hydrogens is 504 g/mol. The van der Waals surface area contributed by atoms with Crippen LogP contribution in [0.3, 0.4) is 0 Å². The number of piperidine rings is 1. The maximum atomic E-state index is 13.6. The Labute approximate surface area is 204 Å². The zero-order valence-electron chi connectivity index (χ0n) is 18.8. The van der Waals surface area contributed by atoms with Crippen molar-refractivity contribution in [2.24, 2.45) is 5.92 Å². The molecule has 192 valence electrons. The molecular formula is C24H17F6N5O2. The minimum Gasteiger partial charge on any atom is -0.443 e. The van der Waals surface area contributed by atoms with Crippen molar-refractivity contribution in [3.05, 3.63) is 76.4 Å². The van der Waals surface area contributed by atoms with Crippen molar-refractivity contribution in [2.45, 2.75) is 43.7 Å². The normalized spacial score (nSPS) is 21.8. The number of aromatic nitrogens is 4. The van der Waals surface area contributed by atoms with Gasteiger partial charge in [-0.3, -0.25) is 9.36 Å². The molecule has 7 nitrogen and oxygen atoms in total. The first-order chi connectivity index (χ1) is 17.5. The van der Waals surface area contributed by atoms with Gasteiger partial charge >= 0.3 is 12.4 Å². The number of nitrogens with zero attached hydrogens (tertiary/aromatic N) is 5. The van der Waals surface area contributed by atoms with E-state index < -0.39 is 41.0 Å². The van der Waals surface area contributed by atoms with Gasteiger partial charge in [-0.15, -0.1) is 0 Å². The highest BCUT2D eigenvalue weighted by molar-refractivity contribution is 5.74. The third-order valence-electron chi connectivity index (χ3n) is 6.99. The SMILES string of the molecule is O=c1ccnc([C@@H]2[C@H]3CC[C@H](C3)N2c2cc(C(F)(F)F)cc(C(F)(F)F)n2)n1-c1ccc2ocnc2c1. The maximum absolute atomic E-state index is 13.6. The Kier molecular flexibility index (Phi) is 5.11. The number of rotatable bonds is 3. The molecule has 1 saturated heterocycles. The number of benzene rings is 1. The number of hydrogen-bond donors (Lipinski definition) is 0. The summed E-state index contributed by atoms with van der Waals surface area (Å²) in [5, 5.41) is 0. The molecule has 4 aromatic rings. The van der Waals surface area contributed by atoms with Crippen LogP contribution < -0.4 is 10.5 Å². The van der Waals surface area contributed by atoms with E-state index in [4.69, 9.17) is 4.42 Å². The fourth-order valence-electron chi connectivity index (χ4n) is 5.48. The second-order valence-electron chi connectivity index (χ2n) is 9.15. The van der Waals surface area contributed by atoms with Gasteiger partial charge in [-0.25, -0.2) is 15.0 Å². The molecule has 1 aromatic carbocycles. The van der Waals surface area contributed by atoms with Crippen molar-refractivity contribution < 1.29 is 30.8 Å². The van der Waals surface area contributed by atoms with Crippen LogP contribution in [0.15, 0.2) is 58.2 Å². The van der Waals surface area contributed by atoms with Crippen LogP contribution in [-0.4, -0.2) is 25.6 Å². The molecule has 2 aliphatic rings. The Morgan fingerprint density at radius 3 is 2.51 bits per heavy atom. The van der Waals surface area contributed by atoms with Gasteiger partial charge in [-0.2, -0.15) is 26.3 Å². The minimum atomic E-state index is -5.08. The number of oxazole rings is 1. The van der Waals surface area contributed by atoms with Gasteiger partial charge in [0, 0.05) is 18.3 Å². The third-order valence-corrected chi connectivity index (χ3v) is 6.99. The molecule has 0 spiro atoms. The van der Waals surface area contributed by atoms with Gasteiger partial charge in [-0.05, 0) is 55.5 Å². The Bertz CT molecular complexity index is 1530. The predicted octanol–water partition coefficient (Wildman–Crippen LogP) is 5.54. The Hall–Kier alpha value is -3.90. The first-order valence-corrected chi connectivity index (χ1v) is 11.4. The lowest BCUT2D eigenvalue weighted by molar-refractivity contribution is -0.145. The predicted molar refractivity (Wildman–Crippen MR) is 118 cm³/mol. The zero-order chi connectivity index (χ0) is 26.1. The standard InChI is InChI=1S/C24H17F6N5O2/c25-23(26,27)13-8-18(24(28,29)30)33-19(9-13)34-14-2-1-12(7-14)21(34)22-31-6-5-20(36)35(22)15-3-4-17-16(10-15)32-11-37-17/h3-6,8-12,14,21H,1-2,7H2/t12-,14+,21-/m0/s1. The van der Waals surface area contributed by atoms with E-state index in [-0.39, 0.29) is 23.9 Å². The summed E-state index contributed by atoms with van der Waals surface area (Å²) in [4.78, 5) is 26.6. The maximum Gasteiger partial charge on any atom is 0.433 e. The molecule has 3 aromatic heterocycles. The lowest BCUT2D eigenvalue weighted by atomic mass is 9.97. The molecule has 2 bridgehead atoms. The number of fused-ring (bicyclic) bond motifs is 3. The van der Waals surface area contributed by atoms with Crippen molar-refractivity contribution in [2.75, 3.05) is 4.90 Å². The topological polar surface area (TPSA) is 77.0 Å². The van der Waals surface area contributed by atoms with Gasteiger partial charge in [0.25, 0.3) is 5.56 Å². The van der Waals surface area contributed by atoms with E-state index in [0.717, 1.165) is 0 Å². The van der Waals surface area contributed by atoms with E-state index in [1.807, 2.05) is 0 Å². The van der Waals surface area contributed by atoms with E-state index in [1.54, 1.807) is 18.2 Å². The van der Waals surface area contributed by atoms with E-state index in [9.17, 15) is 31.1 Å². The van der Waals surface area contributed by atoms with Crippen LogP contribution in [-0.2, 0) is 12.4 Å². The summed E-state index contributed by atoms with van der Waals surface area (Å²) in [5.74, 6) is -0.390. The molecule has 37 heavy (non-hydrogen) atoms. The molecule has 4 heterocycles. The van der Waals surface area contributed by atoms with Gasteiger partial charge in [0.1, 0.15) is 22.9 Å². The highest BCUT2D eigenvalue weighted by Gasteiger charge is 2.50. The summed E-state index contributed by atoms with van der Waals surface area (Å²) < 4.78 is 88.0. The van der Waals surface area contributed by atoms with E-state index >= 15 is 0 Å². The molecule has 3 atom stereocenters. The summed E-state index contributed by atoms with van der Waals surface area (Å²) in [6.07, 6.45) is -5.77. The first kappa shape index (κ1) is 23.5. The van der Waals surface area contributed by atoms with Crippen LogP contribution in [0.4, 0.5) is 32.2 Å². The summed E-state index contributed by atoms with van der Waals surface area (Å²) in [6.45, 7) is 0. The summed E-state index contributed by atoms with van der Waals surface area (Å²) in [6, 6.07) is 5.59. The smallest absolute Gasteiger partial charge is 0.433 e. The van der Waals surface area contributed by atoms with E-state index in [1.165, 1.54) is 28.1 Å². The number of hydrogen-bond acceptors (Lipinski definition) is 6. The van der Waals surface area contributed by atoms with Gasteiger partial charge in [0.2, 0.25) is 0 Å². The van der Waals surface area contributed by atoms with Gasteiger partial charge in [-0.1, -0.05) is 0 Å². The summed E-state index contributed by atoms with van der Waals surface area (Å²) >= 11 is 0. The van der Waals surface area contributed by atoms with Crippen LogP contribution >= 0.6 is 0 Å². The molecule has 2 fully saturated rings. The Balaban J connectivity index is 1.53. The van der Waals surface area contributed by atoms with E-state index in [0.29, 0.717) is 42.1 Å². The molecule has 0 N–H and O–H groups in total. The lowest BCUT2D eigenvalue weighted by Crippen LogP contribution is -2.39. The molecule has 1 aliphatic heterocycles. The molecule has 0 radical (unpaired) electrons. The fraction of sp³-hybridized carbons (Fsp3) is 0.333. The van der Waals surface area contributed by atoms with Gasteiger partial charge in [0.05, 0.1) is 17.3 Å². The third kappa shape index (κ3) is 3.92. The van der Waals surface area contributed by atoms with Crippen molar-refractivity contribution in [3.8, 4) is 5.69 Å². The largest absolute Gasteiger partial charge is 0.443 e. The molecule has 0 unspecified atom stereocenters. The number of anilines is 1. The second-order valence-corrected chi connectivity index (χ2v) is 9.15. The van der Waals surface area contributed by atoms with Crippen molar-refractivity contribution in [1.82, 2.24) is 19.5 Å². The second kappa shape index (κ2) is 8.05. The van der Waals surface area contributed by atoms with Crippen molar-refractivity contribution >= 4 is 16.9 Å². The van der Waals surface area contributed by atoms with Crippen molar-refractivity contribution in [3.63, 3.8) is 0 Å². The molecule has 13 heteroatoms. The molecule has 6 rings (SSSR count). The van der Waals surface area contributed by atoms with Gasteiger partial charge in [0.15, 0.2) is 12.0 Å². The summed E-state index contributed by atoms with van der Waals surface area (Å²) in [7, 11) is 0. The molecule has 1 saturated carbocycles. The highest BCUT2D eigenvalue weighted by Crippen LogP contribution is 2.52.